The molecule has 2 N–H and O–H groups in total. The van der Waals surface area contributed by atoms with E-state index in [1.165, 1.54) is 11.3 Å². The van der Waals surface area contributed by atoms with E-state index in [9.17, 15) is 4.79 Å². The fourth-order valence-electron chi connectivity index (χ4n) is 4.35. The average molecular weight is 418 g/mol. The quantitative estimate of drug-likeness (QED) is 0.637. The van der Waals surface area contributed by atoms with Crippen molar-refractivity contribution in [3.05, 3.63) is 77.1 Å². The van der Waals surface area contributed by atoms with Crippen LogP contribution in [0.1, 0.15) is 41.3 Å². The Morgan fingerprint density at radius 1 is 1.16 bits per heavy atom. The standard InChI is InChI=1S/C25H31N5O/c1-29(2)17-18-11-13-19(14-12-18)21-8-5-4-7-20(21)15-26-25(31)28-23-9-6-10-24-22(23)16-27-30(24)3/h4-5,7-8,11-14,16,23H,6,9-10,15,17H2,1-3H3,(H2,26,28,31). The van der Waals surface area contributed by atoms with Gasteiger partial charge in [-0.15, -0.1) is 0 Å². The Morgan fingerprint density at radius 2 is 1.94 bits per heavy atom. The molecule has 0 bridgehead atoms. The van der Waals surface area contributed by atoms with Gasteiger partial charge in [-0.2, -0.15) is 5.10 Å². The highest BCUT2D eigenvalue weighted by atomic mass is 16.2. The van der Waals surface area contributed by atoms with Crippen LogP contribution in [0.5, 0.6) is 0 Å². The van der Waals surface area contributed by atoms with Gasteiger partial charge in [0, 0.05) is 31.4 Å². The Morgan fingerprint density at radius 3 is 2.71 bits per heavy atom. The number of nitrogens with one attached hydrogen (secondary N) is 2. The fourth-order valence-corrected chi connectivity index (χ4v) is 4.35. The molecule has 1 aliphatic rings. The van der Waals surface area contributed by atoms with Crippen molar-refractivity contribution < 1.29 is 4.79 Å². The first-order valence-electron chi connectivity index (χ1n) is 10.9. The zero-order valence-corrected chi connectivity index (χ0v) is 18.6. The third-order valence-electron chi connectivity index (χ3n) is 5.90. The van der Waals surface area contributed by atoms with E-state index in [0.29, 0.717) is 6.54 Å². The van der Waals surface area contributed by atoms with E-state index in [1.807, 2.05) is 30.1 Å². The van der Waals surface area contributed by atoms with E-state index in [1.54, 1.807) is 0 Å². The molecular weight excluding hydrogens is 386 g/mol. The maximum atomic E-state index is 12.6. The molecule has 4 rings (SSSR count). The molecule has 0 spiro atoms. The fraction of sp³-hybridized carbons (Fsp3) is 0.360. The third kappa shape index (κ3) is 4.97. The summed E-state index contributed by atoms with van der Waals surface area (Å²) in [6, 6.07) is 16.8. The number of rotatable bonds is 6. The van der Waals surface area contributed by atoms with E-state index in [-0.39, 0.29) is 12.1 Å². The van der Waals surface area contributed by atoms with Crippen molar-refractivity contribution >= 4 is 6.03 Å². The van der Waals surface area contributed by atoms with E-state index >= 15 is 0 Å². The van der Waals surface area contributed by atoms with Gasteiger partial charge in [-0.3, -0.25) is 4.68 Å². The second kappa shape index (κ2) is 9.35. The van der Waals surface area contributed by atoms with E-state index in [2.05, 4.69) is 71.1 Å². The number of carbonyl (C=O) groups excluding carboxylic acids is 1. The van der Waals surface area contributed by atoms with Gasteiger partial charge in [0.25, 0.3) is 0 Å². The first-order valence-corrected chi connectivity index (χ1v) is 10.9. The number of nitrogens with zero attached hydrogens (tertiary/aromatic N) is 3. The highest BCUT2D eigenvalue weighted by Crippen LogP contribution is 2.29. The van der Waals surface area contributed by atoms with E-state index in [4.69, 9.17) is 0 Å². The van der Waals surface area contributed by atoms with Gasteiger partial charge < -0.3 is 15.5 Å². The summed E-state index contributed by atoms with van der Waals surface area (Å²) >= 11 is 0. The third-order valence-corrected chi connectivity index (χ3v) is 5.90. The molecule has 1 aliphatic carbocycles. The monoisotopic (exact) mass is 417 g/mol. The molecule has 6 heteroatoms. The van der Waals surface area contributed by atoms with Gasteiger partial charge in [0.1, 0.15) is 0 Å². The Kier molecular flexibility index (Phi) is 6.37. The molecule has 1 unspecified atom stereocenters. The zero-order valence-electron chi connectivity index (χ0n) is 18.6. The second-order valence-corrected chi connectivity index (χ2v) is 8.53. The Hall–Kier alpha value is -3.12. The van der Waals surface area contributed by atoms with Gasteiger partial charge in [0.2, 0.25) is 0 Å². The van der Waals surface area contributed by atoms with E-state index in [0.717, 1.165) is 48.1 Å². The van der Waals surface area contributed by atoms with Crippen LogP contribution >= 0.6 is 0 Å². The molecule has 0 radical (unpaired) electrons. The lowest BCUT2D eigenvalue weighted by Crippen LogP contribution is -2.38. The summed E-state index contributed by atoms with van der Waals surface area (Å²) in [6.45, 7) is 1.40. The Labute approximate surface area is 184 Å². The number of carbonyl (C=O) groups is 1. The molecule has 0 saturated carbocycles. The van der Waals surface area contributed by atoms with Crippen molar-refractivity contribution in [3.8, 4) is 11.1 Å². The van der Waals surface area contributed by atoms with Crippen LogP contribution in [-0.4, -0.2) is 34.8 Å². The molecule has 3 aromatic rings. The molecule has 0 saturated heterocycles. The van der Waals surface area contributed by atoms with Crippen LogP contribution < -0.4 is 10.6 Å². The molecule has 2 amide bonds. The van der Waals surface area contributed by atoms with Crippen molar-refractivity contribution in [3.63, 3.8) is 0 Å². The topological polar surface area (TPSA) is 62.2 Å². The molecule has 31 heavy (non-hydrogen) atoms. The van der Waals surface area contributed by atoms with Gasteiger partial charge >= 0.3 is 6.03 Å². The maximum absolute atomic E-state index is 12.6. The minimum atomic E-state index is -0.141. The number of fused-ring (bicyclic) bond motifs is 1. The molecule has 0 aliphatic heterocycles. The molecular formula is C25H31N5O. The minimum absolute atomic E-state index is 0.0249. The number of benzene rings is 2. The van der Waals surface area contributed by atoms with Crippen molar-refractivity contribution in [2.45, 2.75) is 38.4 Å². The number of amides is 2. The smallest absolute Gasteiger partial charge is 0.315 e. The molecule has 2 aromatic carbocycles. The summed E-state index contributed by atoms with van der Waals surface area (Å²) < 4.78 is 1.92. The van der Waals surface area contributed by atoms with Gasteiger partial charge in [-0.05, 0) is 55.6 Å². The summed E-state index contributed by atoms with van der Waals surface area (Å²) in [4.78, 5) is 14.8. The van der Waals surface area contributed by atoms with Crippen molar-refractivity contribution in [2.75, 3.05) is 14.1 Å². The van der Waals surface area contributed by atoms with Crippen molar-refractivity contribution in [1.29, 1.82) is 0 Å². The van der Waals surface area contributed by atoms with Crippen molar-refractivity contribution in [1.82, 2.24) is 25.3 Å². The molecule has 0 fully saturated rings. The molecule has 1 aromatic heterocycles. The second-order valence-electron chi connectivity index (χ2n) is 8.53. The summed E-state index contributed by atoms with van der Waals surface area (Å²) in [7, 11) is 6.11. The normalized spacial score (nSPS) is 15.5. The lowest BCUT2D eigenvalue weighted by atomic mass is 9.93. The van der Waals surface area contributed by atoms with Gasteiger partial charge in [-0.1, -0.05) is 48.5 Å². The number of aryl methyl sites for hydroxylation is 1. The van der Waals surface area contributed by atoms with Gasteiger partial charge in [0.05, 0.1) is 12.2 Å². The van der Waals surface area contributed by atoms with Crippen LogP contribution in [-0.2, 0) is 26.6 Å². The van der Waals surface area contributed by atoms with Gasteiger partial charge in [-0.25, -0.2) is 4.79 Å². The zero-order chi connectivity index (χ0) is 21.8. The molecule has 6 nitrogen and oxygen atoms in total. The number of aromatic nitrogens is 2. The van der Waals surface area contributed by atoms with Crippen LogP contribution in [0.2, 0.25) is 0 Å². The number of urea groups is 1. The molecule has 1 atom stereocenters. The average Bonchev–Trinajstić information content (AvgIpc) is 3.15. The van der Waals surface area contributed by atoms with Crippen LogP contribution in [0, 0.1) is 0 Å². The van der Waals surface area contributed by atoms with Gasteiger partial charge in [0.15, 0.2) is 0 Å². The van der Waals surface area contributed by atoms with E-state index < -0.39 is 0 Å². The lowest BCUT2D eigenvalue weighted by Gasteiger charge is -2.24. The first kappa shape index (κ1) is 21.1. The molecule has 162 valence electrons. The lowest BCUT2D eigenvalue weighted by molar-refractivity contribution is 0.235. The minimum Gasteiger partial charge on any atom is -0.334 e. The largest absolute Gasteiger partial charge is 0.334 e. The first-order chi connectivity index (χ1) is 15.0. The Bertz CT molecular complexity index is 1040. The highest BCUT2D eigenvalue weighted by Gasteiger charge is 2.24. The van der Waals surface area contributed by atoms with Crippen LogP contribution in [0.25, 0.3) is 11.1 Å². The predicted molar refractivity (Wildman–Crippen MR) is 124 cm³/mol. The SMILES string of the molecule is CN(C)Cc1ccc(-c2ccccc2CNC(=O)NC2CCCc3c2cnn3C)cc1. The molecule has 1 heterocycles. The number of hydrogen-bond donors (Lipinski definition) is 2. The van der Waals surface area contributed by atoms with Crippen molar-refractivity contribution in [2.24, 2.45) is 7.05 Å². The van der Waals surface area contributed by atoms with Crippen LogP contribution in [0.3, 0.4) is 0 Å². The Balaban J connectivity index is 1.41. The summed E-state index contributed by atoms with van der Waals surface area (Å²) in [5, 5.41) is 10.5. The summed E-state index contributed by atoms with van der Waals surface area (Å²) in [6.07, 6.45) is 4.91. The van der Waals surface area contributed by atoms with Crippen LogP contribution in [0.4, 0.5) is 4.79 Å². The summed E-state index contributed by atoms with van der Waals surface area (Å²) in [5.41, 5.74) is 7.05. The predicted octanol–water partition coefficient (Wildman–Crippen LogP) is 4.03. The number of hydrogen-bond acceptors (Lipinski definition) is 3. The maximum Gasteiger partial charge on any atom is 0.315 e. The van der Waals surface area contributed by atoms with Crippen LogP contribution in [0.15, 0.2) is 54.7 Å². The highest BCUT2D eigenvalue weighted by molar-refractivity contribution is 5.75. The summed E-state index contributed by atoms with van der Waals surface area (Å²) in [5.74, 6) is 0.